The van der Waals surface area contributed by atoms with Gasteiger partial charge < -0.3 is 0 Å². The van der Waals surface area contributed by atoms with E-state index >= 15 is 0 Å². The van der Waals surface area contributed by atoms with Gasteiger partial charge in [-0.1, -0.05) is 18.6 Å². The Kier molecular flexibility index (Phi) is 3.88. The van der Waals surface area contributed by atoms with Crippen LogP contribution in [0.5, 0.6) is 0 Å². The van der Waals surface area contributed by atoms with Gasteiger partial charge in [-0.2, -0.15) is 0 Å². The quantitative estimate of drug-likeness (QED) is 0.851. The van der Waals surface area contributed by atoms with Crippen LogP contribution in [0.2, 0.25) is 0 Å². The van der Waals surface area contributed by atoms with Crippen molar-refractivity contribution in [1.29, 1.82) is 0 Å². The van der Waals surface area contributed by atoms with Crippen molar-refractivity contribution in [2.45, 2.75) is 37.5 Å². The molecule has 2 saturated carbocycles. The Balaban J connectivity index is 1.65. The molecule has 3 rings (SSSR count). The molecule has 1 aromatic rings. The maximum absolute atomic E-state index is 12.3. The molecule has 4 nitrogen and oxygen atoms in total. The second kappa shape index (κ2) is 5.54. The summed E-state index contributed by atoms with van der Waals surface area (Å²) in [6.07, 6.45) is 5.01. The standard InChI is InChI=1S/C16H21NO3S/c1-11(18)13-4-6-16(7-5-13)21(19,20)17-10-15-9-12-2-3-14(15)8-12/h4-7,12,14-15,17H,2-3,8-10H2,1H3. The minimum absolute atomic E-state index is 0.0612. The number of carbonyl (C=O) groups is 1. The summed E-state index contributed by atoms with van der Waals surface area (Å²) in [6, 6.07) is 6.13. The molecule has 2 aliphatic rings. The fourth-order valence-electron chi connectivity index (χ4n) is 3.80. The highest BCUT2D eigenvalue weighted by atomic mass is 32.2. The van der Waals surface area contributed by atoms with Crippen molar-refractivity contribution in [3.05, 3.63) is 29.8 Å². The third-order valence-electron chi connectivity index (χ3n) is 4.99. The van der Waals surface area contributed by atoms with Crippen LogP contribution in [-0.2, 0) is 10.0 Å². The lowest BCUT2D eigenvalue weighted by Gasteiger charge is -2.21. The summed E-state index contributed by atoms with van der Waals surface area (Å²) in [5.41, 5.74) is 0.530. The van der Waals surface area contributed by atoms with Gasteiger partial charge in [0.1, 0.15) is 0 Å². The average molecular weight is 307 g/mol. The summed E-state index contributed by atoms with van der Waals surface area (Å²) in [4.78, 5) is 11.4. The second-order valence-corrected chi connectivity index (χ2v) is 8.13. The fourth-order valence-corrected chi connectivity index (χ4v) is 4.89. The number of hydrogen-bond acceptors (Lipinski definition) is 3. The van der Waals surface area contributed by atoms with E-state index in [0.717, 1.165) is 12.3 Å². The van der Waals surface area contributed by atoms with E-state index in [1.54, 1.807) is 12.1 Å². The molecule has 0 saturated heterocycles. The van der Waals surface area contributed by atoms with E-state index in [-0.39, 0.29) is 10.7 Å². The summed E-state index contributed by atoms with van der Waals surface area (Å²) < 4.78 is 27.3. The lowest BCUT2D eigenvalue weighted by atomic mass is 9.89. The van der Waals surface area contributed by atoms with E-state index in [9.17, 15) is 13.2 Å². The van der Waals surface area contributed by atoms with Crippen molar-refractivity contribution in [3.63, 3.8) is 0 Å². The Morgan fingerprint density at radius 2 is 1.90 bits per heavy atom. The largest absolute Gasteiger partial charge is 0.295 e. The van der Waals surface area contributed by atoms with Crippen molar-refractivity contribution >= 4 is 15.8 Å². The Hall–Kier alpha value is -1.20. The van der Waals surface area contributed by atoms with Crippen molar-refractivity contribution in [2.24, 2.45) is 17.8 Å². The lowest BCUT2D eigenvalue weighted by molar-refractivity contribution is 0.101. The van der Waals surface area contributed by atoms with Gasteiger partial charge in [0.15, 0.2) is 5.78 Å². The highest BCUT2D eigenvalue weighted by Gasteiger charge is 2.39. The summed E-state index contributed by atoms with van der Waals surface area (Å²) in [5, 5.41) is 0. The number of nitrogens with one attached hydrogen (secondary N) is 1. The molecule has 21 heavy (non-hydrogen) atoms. The normalized spacial score (nSPS) is 28.0. The number of Topliss-reactive ketones (excluding diaryl/α,β-unsaturated/α-hetero) is 1. The monoisotopic (exact) mass is 307 g/mol. The Bertz CT molecular complexity index is 636. The molecule has 114 valence electrons. The molecular weight excluding hydrogens is 286 g/mol. The zero-order valence-electron chi connectivity index (χ0n) is 12.2. The van der Waals surface area contributed by atoms with Crippen LogP contribution in [0.3, 0.4) is 0 Å². The first-order valence-corrected chi connectivity index (χ1v) is 9.04. The Labute approximate surface area is 126 Å². The van der Waals surface area contributed by atoms with Gasteiger partial charge in [0.2, 0.25) is 10.0 Å². The first kappa shape index (κ1) is 14.7. The first-order chi connectivity index (χ1) is 9.95. The predicted octanol–water partition coefficient (Wildman–Crippen LogP) is 2.60. The van der Waals surface area contributed by atoms with Crippen molar-refractivity contribution in [2.75, 3.05) is 6.54 Å². The Morgan fingerprint density at radius 3 is 2.43 bits per heavy atom. The molecule has 0 heterocycles. The van der Waals surface area contributed by atoms with E-state index in [2.05, 4.69) is 4.72 Å². The molecule has 0 spiro atoms. The average Bonchev–Trinajstić information content (AvgIpc) is 3.08. The predicted molar refractivity (Wildman–Crippen MR) is 80.6 cm³/mol. The molecular formula is C16H21NO3S. The van der Waals surface area contributed by atoms with Gasteiger partial charge in [0.05, 0.1) is 4.90 Å². The molecule has 0 radical (unpaired) electrons. The third kappa shape index (κ3) is 3.04. The van der Waals surface area contributed by atoms with Gasteiger partial charge in [0, 0.05) is 12.1 Å². The van der Waals surface area contributed by atoms with Crippen LogP contribution in [0.1, 0.15) is 43.0 Å². The fraction of sp³-hybridized carbons (Fsp3) is 0.562. The highest BCUT2D eigenvalue weighted by molar-refractivity contribution is 7.89. The van der Waals surface area contributed by atoms with Crippen LogP contribution in [-0.4, -0.2) is 20.7 Å². The van der Waals surface area contributed by atoms with E-state index in [1.807, 2.05) is 0 Å². The maximum atomic E-state index is 12.3. The molecule has 0 amide bonds. The van der Waals surface area contributed by atoms with E-state index in [4.69, 9.17) is 0 Å². The molecule has 1 aromatic carbocycles. The van der Waals surface area contributed by atoms with Crippen LogP contribution in [0.15, 0.2) is 29.2 Å². The van der Waals surface area contributed by atoms with Gasteiger partial charge in [0.25, 0.3) is 0 Å². The summed E-state index contributed by atoms with van der Waals surface area (Å²) in [7, 11) is -3.47. The van der Waals surface area contributed by atoms with Gasteiger partial charge in [-0.3, -0.25) is 4.79 Å². The molecule has 3 atom stereocenters. The van der Waals surface area contributed by atoms with E-state index in [1.165, 1.54) is 38.3 Å². The third-order valence-corrected chi connectivity index (χ3v) is 6.43. The molecule has 0 aliphatic heterocycles. The van der Waals surface area contributed by atoms with Gasteiger partial charge in [-0.25, -0.2) is 13.1 Å². The molecule has 5 heteroatoms. The van der Waals surface area contributed by atoms with Crippen molar-refractivity contribution < 1.29 is 13.2 Å². The summed E-state index contributed by atoms with van der Waals surface area (Å²) in [5.74, 6) is 1.96. The molecule has 2 aliphatic carbocycles. The number of hydrogen-bond donors (Lipinski definition) is 1. The van der Waals surface area contributed by atoms with Crippen LogP contribution < -0.4 is 4.72 Å². The number of ketones is 1. The molecule has 3 unspecified atom stereocenters. The topological polar surface area (TPSA) is 63.2 Å². The molecule has 1 N–H and O–H groups in total. The van der Waals surface area contributed by atoms with Crippen molar-refractivity contribution in [1.82, 2.24) is 4.72 Å². The number of rotatable bonds is 5. The minimum atomic E-state index is -3.47. The maximum Gasteiger partial charge on any atom is 0.240 e. The number of fused-ring (bicyclic) bond motifs is 2. The van der Waals surface area contributed by atoms with Crippen LogP contribution in [0.25, 0.3) is 0 Å². The number of carbonyl (C=O) groups excluding carboxylic acids is 1. The van der Waals surface area contributed by atoms with Crippen LogP contribution >= 0.6 is 0 Å². The number of benzene rings is 1. The SMILES string of the molecule is CC(=O)c1ccc(S(=O)(=O)NCC2CC3CCC2C3)cc1. The second-order valence-electron chi connectivity index (χ2n) is 6.37. The van der Waals surface area contributed by atoms with Crippen molar-refractivity contribution in [3.8, 4) is 0 Å². The summed E-state index contributed by atoms with van der Waals surface area (Å²) >= 11 is 0. The first-order valence-electron chi connectivity index (χ1n) is 7.56. The molecule has 0 aromatic heterocycles. The molecule has 2 bridgehead atoms. The number of sulfonamides is 1. The molecule has 2 fully saturated rings. The minimum Gasteiger partial charge on any atom is -0.295 e. The smallest absolute Gasteiger partial charge is 0.240 e. The lowest BCUT2D eigenvalue weighted by Crippen LogP contribution is -2.31. The zero-order valence-corrected chi connectivity index (χ0v) is 13.0. The highest BCUT2D eigenvalue weighted by Crippen LogP contribution is 2.48. The van der Waals surface area contributed by atoms with E-state index < -0.39 is 10.0 Å². The van der Waals surface area contributed by atoms with Gasteiger partial charge in [-0.05, 0) is 56.1 Å². The van der Waals surface area contributed by atoms with Crippen LogP contribution in [0.4, 0.5) is 0 Å². The van der Waals surface area contributed by atoms with E-state index in [0.29, 0.717) is 23.9 Å². The van der Waals surface area contributed by atoms with Crippen LogP contribution in [0, 0.1) is 17.8 Å². The Morgan fingerprint density at radius 1 is 1.19 bits per heavy atom. The summed E-state index contributed by atoms with van der Waals surface area (Å²) in [6.45, 7) is 2.01. The van der Waals surface area contributed by atoms with Gasteiger partial charge >= 0.3 is 0 Å². The zero-order chi connectivity index (χ0) is 15.0. The van der Waals surface area contributed by atoms with Gasteiger partial charge in [-0.15, -0.1) is 0 Å².